The summed E-state index contributed by atoms with van der Waals surface area (Å²) in [7, 11) is 1.52. The molecule has 0 aromatic carbocycles. The predicted octanol–water partition coefficient (Wildman–Crippen LogP) is 3.28. The van der Waals surface area contributed by atoms with Crippen LogP contribution in [0.15, 0.2) is 21.7 Å². The first-order valence-electron chi connectivity index (χ1n) is 5.74. The summed E-state index contributed by atoms with van der Waals surface area (Å²) in [5, 5.41) is 1.19. The second-order valence-corrected chi connectivity index (χ2v) is 4.81. The standard InChI is InChI=1S/C12H17Cl2NO3/c1-3-9(18-12(15)16)11(17-2)10-7(13)5-4-6-8(10)14/h5,9,11H,3-4,6H2,1-2H3,(H2,15,16). The van der Waals surface area contributed by atoms with Crippen LogP contribution in [0.4, 0.5) is 4.79 Å². The zero-order chi connectivity index (χ0) is 13.7. The Morgan fingerprint density at radius 1 is 1.56 bits per heavy atom. The van der Waals surface area contributed by atoms with Crippen LogP contribution in [0, 0.1) is 0 Å². The van der Waals surface area contributed by atoms with Crippen LogP contribution in [0.25, 0.3) is 0 Å². The van der Waals surface area contributed by atoms with E-state index in [0.29, 0.717) is 28.5 Å². The lowest BCUT2D eigenvalue weighted by atomic mass is 9.96. The summed E-state index contributed by atoms with van der Waals surface area (Å²) in [4.78, 5) is 10.9. The number of halogens is 2. The van der Waals surface area contributed by atoms with Gasteiger partial charge in [0, 0.05) is 22.7 Å². The summed E-state index contributed by atoms with van der Waals surface area (Å²) >= 11 is 12.3. The Morgan fingerprint density at radius 3 is 2.67 bits per heavy atom. The fourth-order valence-electron chi connectivity index (χ4n) is 1.95. The largest absolute Gasteiger partial charge is 0.443 e. The van der Waals surface area contributed by atoms with Gasteiger partial charge < -0.3 is 15.2 Å². The highest BCUT2D eigenvalue weighted by Gasteiger charge is 2.31. The Labute approximate surface area is 117 Å². The summed E-state index contributed by atoms with van der Waals surface area (Å²) in [6.07, 6.45) is 2.10. The summed E-state index contributed by atoms with van der Waals surface area (Å²) in [5.74, 6) is 0. The van der Waals surface area contributed by atoms with Crippen molar-refractivity contribution in [3.8, 4) is 0 Å². The third-order valence-electron chi connectivity index (χ3n) is 2.78. The van der Waals surface area contributed by atoms with Crippen LogP contribution in [-0.4, -0.2) is 25.4 Å². The summed E-state index contributed by atoms with van der Waals surface area (Å²) < 4.78 is 10.4. The Kier molecular flexibility index (Phi) is 5.99. The molecule has 0 saturated heterocycles. The molecule has 0 aromatic heterocycles. The van der Waals surface area contributed by atoms with Gasteiger partial charge in [0.2, 0.25) is 0 Å². The molecular formula is C12H17Cl2NO3. The molecule has 0 radical (unpaired) electrons. The van der Waals surface area contributed by atoms with Crippen LogP contribution in [0.3, 0.4) is 0 Å². The van der Waals surface area contributed by atoms with Crippen LogP contribution in [-0.2, 0) is 9.47 Å². The second-order valence-electron chi connectivity index (χ2n) is 3.95. The number of primary amides is 1. The topological polar surface area (TPSA) is 61.5 Å². The molecule has 6 heteroatoms. The average Bonchev–Trinajstić information content (AvgIpc) is 2.31. The molecule has 0 heterocycles. The van der Waals surface area contributed by atoms with Crippen molar-refractivity contribution >= 4 is 29.3 Å². The Hall–Kier alpha value is -0.710. The summed E-state index contributed by atoms with van der Waals surface area (Å²) in [6.45, 7) is 1.87. The minimum Gasteiger partial charge on any atom is -0.443 e. The molecule has 0 spiro atoms. The molecule has 0 fully saturated rings. The van der Waals surface area contributed by atoms with Gasteiger partial charge >= 0.3 is 6.09 Å². The number of amides is 1. The number of allylic oxidation sites excluding steroid dienone is 2. The molecule has 4 nitrogen and oxygen atoms in total. The number of hydrogen-bond acceptors (Lipinski definition) is 3. The van der Waals surface area contributed by atoms with Gasteiger partial charge in [-0.1, -0.05) is 36.2 Å². The molecule has 1 rings (SSSR count). The Morgan fingerprint density at radius 2 is 2.22 bits per heavy atom. The van der Waals surface area contributed by atoms with Crippen LogP contribution in [0.2, 0.25) is 0 Å². The first-order chi connectivity index (χ1) is 8.51. The van der Waals surface area contributed by atoms with Gasteiger partial charge in [-0.3, -0.25) is 0 Å². The predicted molar refractivity (Wildman–Crippen MR) is 71.6 cm³/mol. The first-order valence-corrected chi connectivity index (χ1v) is 6.50. The third kappa shape index (κ3) is 3.64. The van der Waals surface area contributed by atoms with E-state index in [0.717, 1.165) is 6.42 Å². The van der Waals surface area contributed by atoms with E-state index >= 15 is 0 Å². The number of carbonyl (C=O) groups excluding carboxylic acids is 1. The van der Waals surface area contributed by atoms with Gasteiger partial charge in [0.15, 0.2) is 0 Å². The highest BCUT2D eigenvalue weighted by molar-refractivity contribution is 6.36. The van der Waals surface area contributed by atoms with Crippen molar-refractivity contribution < 1.29 is 14.3 Å². The summed E-state index contributed by atoms with van der Waals surface area (Å²) in [5.41, 5.74) is 5.73. The fraction of sp³-hybridized carbons (Fsp3) is 0.583. The molecule has 0 aliphatic heterocycles. The van der Waals surface area contributed by atoms with Gasteiger partial charge in [-0.2, -0.15) is 0 Å². The third-order valence-corrected chi connectivity index (χ3v) is 3.53. The van der Waals surface area contributed by atoms with Gasteiger partial charge in [-0.05, 0) is 19.3 Å². The molecule has 2 N–H and O–H groups in total. The van der Waals surface area contributed by atoms with E-state index in [1.165, 1.54) is 7.11 Å². The van der Waals surface area contributed by atoms with Crippen molar-refractivity contribution in [1.29, 1.82) is 0 Å². The lowest BCUT2D eigenvalue weighted by Crippen LogP contribution is -2.36. The van der Waals surface area contributed by atoms with E-state index in [1.807, 2.05) is 13.0 Å². The van der Waals surface area contributed by atoms with E-state index in [9.17, 15) is 4.79 Å². The molecule has 1 amide bonds. The molecule has 0 bridgehead atoms. The number of nitrogens with two attached hydrogens (primary N) is 1. The number of rotatable bonds is 5. The number of carbonyl (C=O) groups is 1. The molecule has 18 heavy (non-hydrogen) atoms. The van der Waals surface area contributed by atoms with Crippen molar-refractivity contribution in [1.82, 2.24) is 0 Å². The zero-order valence-electron chi connectivity index (χ0n) is 10.4. The van der Waals surface area contributed by atoms with E-state index in [2.05, 4.69) is 0 Å². The SMILES string of the molecule is CCC(OC(N)=O)C(OC)C1=C(Cl)CCC=C1Cl. The monoisotopic (exact) mass is 293 g/mol. The van der Waals surface area contributed by atoms with Crippen molar-refractivity contribution in [3.63, 3.8) is 0 Å². The molecule has 2 atom stereocenters. The molecule has 102 valence electrons. The lowest BCUT2D eigenvalue weighted by Gasteiger charge is -2.28. The van der Waals surface area contributed by atoms with E-state index in [4.69, 9.17) is 38.4 Å². The summed E-state index contributed by atoms with van der Waals surface area (Å²) in [6, 6.07) is 0. The van der Waals surface area contributed by atoms with Crippen molar-refractivity contribution in [2.45, 2.75) is 38.4 Å². The highest BCUT2D eigenvalue weighted by Crippen LogP contribution is 2.35. The highest BCUT2D eigenvalue weighted by atomic mass is 35.5. The second kappa shape index (κ2) is 7.02. The molecule has 2 unspecified atom stereocenters. The normalized spacial score (nSPS) is 19.2. The number of ether oxygens (including phenoxy) is 2. The molecule has 0 saturated carbocycles. The molecule has 0 aromatic rings. The van der Waals surface area contributed by atoms with Gasteiger partial charge in [0.1, 0.15) is 12.2 Å². The van der Waals surface area contributed by atoms with E-state index < -0.39 is 18.3 Å². The lowest BCUT2D eigenvalue weighted by molar-refractivity contribution is -0.000927. The van der Waals surface area contributed by atoms with Crippen molar-refractivity contribution in [3.05, 3.63) is 21.7 Å². The number of methoxy groups -OCH3 is 1. The van der Waals surface area contributed by atoms with E-state index in [-0.39, 0.29) is 0 Å². The molecule has 1 aliphatic rings. The maximum Gasteiger partial charge on any atom is 0.404 e. The molecule has 1 aliphatic carbocycles. The van der Waals surface area contributed by atoms with Gasteiger partial charge in [0.05, 0.1) is 0 Å². The minimum absolute atomic E-state index is 0.501. The van der Waals surface area contributed by atoms with Gasteiger partial charge in [-0.15, -0.1) is 0 Å². The molecular weight excluding hydrogens is 277 g/mol. The van der Waals surface area contributed by atoms with Crippen LogP contribution < -0.4 is 5.73 Å². The quantitative estimate of drug-likeness (QED) is 0.846. The minimum atomic E-state index is -0.837. The average molecular weight is 294 g/mol. The van der Waals surface area contributed by atoms with Crippen molar-refractivity contribution in [2.75, 3.05) is 7.11 Å². The van der Waals surface area contributed by atoms with E-state index in [1.54, 1.807) is 0 Å². The van der Waals surface area contributed by atoms with Gasteiger partial charge in [-0.25, -0.2) is 4.79 Å². The zero-order valence-corrected chi connectivity index (χ0v) is 11.9. The van der Waals surface area contributed by atoms with Crippen LogP contribution >= 0.6 is 23.2 Å². The Balaban J connectivity index is 3.00. The van der Waals surface area contributed by atoms with Crippen LogP contribution in [0.1, 0.15) is 26.2 Å². The first kappa shape index (κ1) is 15.3. The van der Waals surface area contributed by atoms with Crippen LogP contribution in [0.5, 0.6) is 0 Å². The number of hydrogen-bond donors (Lipinski definition) is 1. The maximum absolute atomic E-state index is 10.9. The fourth-order valence-corrected chi connectivity index (χ4v) is 2.65. The maximum atomic E-state index is 10.9. The van der Waals surface area contributed by atoms with Crippen molar-refractivity contribution in [2.24, 2.45) is 5.73 Å². The Bertz CT molecular complexity index is 380. The van der Waals surface area contributed by atoms with Gasteiger partial charge in [0.25, 0.3) is 0 Å². The smallest absolute Gasteiger partial charge is 0.404 e.